The summed E-state index contributed by atoms with van der Waals surface area (Å²) in [6.45, 7) is 6.59. The fraction of sp³-hybridized carbons (Fsp3) is 1.00. The normalized spacial score (nSPS) is 20.1. The Labute approximate surface area is 107 Å². The summed E-state index contributed by atoms with van der Waals surface area (Å²) in [6, 6.07) is 0. The summed E-state index contributed by atoms with van der Waals surface area (Å²) < 4.78 is 1.36. The number of hydrogen-bond acceptors (Lipinski definition) is 0. The van der Waals surface area contributed by atoms with Gasteiger partial charge in [0.25, 0.3) is 0 Å². The second kappa shape index (κ2) is 7.91. The summed E-state index contributed by atoms with van der Waals surface area (Å²) in [4.78, 5) is 0. The third kappa shape index (κ3) is 5.54. The molecular formula is C12H26IN. The van der Waals surface area contributed by atoms with Crippen LogP contribution in [0.25, 0.3) is 0 Å². The Bertz CT molecular complexity index is 130. The molecule has 0 N–H and O–H groups in total. The molecule has 1 rings (SSSR count). The number of nitrogens with zero attached hydrogens (tertiary/aromatic N) is 1. The van der Waals surface area contributed by atoms with Gasteiger partial charge in [-0.2, -0.15) is 0 Å². The summed E-state index contributed by atoms with van der Waals surface area (Å²) in [5, 5.41) is 0. The number of piperidine rings is 1. The van der Waals surface area contributed by atoms with E-state index in [-0.39, 0.29) is 24.0 Å². The van der Waals surface area contributed by atoms with Crippen molar-refractivity contribution in [3.63, 3.8) is 0 Å². The molecule has 0 unspecified atom stereocenters. The van der Waals surface area contributed by atoms with E-state index in [0.717, 1.165) is 0 Å². The molecule has 0 saturated carbocycles. The largest absolute Gasteiger partial charge is 1.00 e. The van der Waals surface area contributed by atoms with Crippen molar-refractivity contribution in [1.29, 1.82) is 0 Å². The third-order valence-electron chi connectivity index (χ3n) is 3.45. The van der Waals surface area contributed by atoms with E-state index < -0.39 is 0 Å². The molecule has 86 valence electrons. The number of quaternary nitrogens is 1. The van der Waals surface area contributed by atoms with Crippen molar-refractivity contribution >= 4 is 0 Å². The van der Waals surface area contributed by atoms with Crippen LogP contribution in [0.4, 0.5) is 0 Å². The fourth-order valence-electron chi connectivity index (χ4n) is 2.42. The Hall–Kier alpha value is 0.690. The molecule has 14 heavy (non-hydrogen) atoms. The maximum absolute atomic E-state index is 2.45. The lowest BCUT2D eigenvalue weighted by molar-refractivity contribution is -0.914. The summed E-state index contributed by atoms with van der Waals surface area (Å²) >= 11 is 0. The maximum Gasteiger partial charge on any atom is 0.0784 e. The Balaban J connectivity index is 0.00000169. The van der Waals surface area contributed by atoms with Crippen molar-refractivity contribution in [3.8, 4) is 0 Å². The van der Waals surface area contributed by atoms with Crippen LogP contribution in [0.2, 0.25) is 0 Å². The van der Waals surface area contributed by atoms with Crippen molar-refractivity contribution in [2.24, 2.45) is 0 Å². The Morgan fingerprint density at radius 2 is 1.57 bits per heavy atom. The van der Waals surface area contributed by atoms with Crippen molar-refractivity contribution in [3.05, 3.63) is 0 Å². The first-order valence-electron chi connectivity index (χ1n) is 6.10. The van der Waals surface area contributed by atoms with E-state index in [4.69, 9.17) is 0 Å². The van der Waals surface area contributed by atoms with Crippen LogP contribution in [0, 0.1) is 0 Å². The van der Waals surface area contributed by atoms with Crippen LogP contribution in [0.1, 0.15) is 51.9 Å². The summed E-state index contributed by atoms with van der Waals surface area (Å²) in [5.41, 5.74) is 0. The number of likely N-dealkylation sites (tertiary alicyclic amines) is 1. The van der Waals surface area contributed by atoms with Gasteiger partial charge in [-0.3, -0.25) is 0 Å². The van der Waals surface area contributed by atoms with Crippen molar-refractivity contribution in [2.45, 2.75) is 51.9 Å². The van der Waals surface area contributed by atoms with E-state index in [2.05, 4.69) is 14.0 Å². The van der Waals surface area contributed by atoms with Gasteiger partial charge in [0, 0.05) is 0 Å². The van der Waals surface area contributed by atoms with Crippen LogP contribution >= 0.6 is 0 Å². The first-order chi connectivity index (χ1) is 6.27. The highest BCUT2D eigenvalue weighted by Gasteiger charge is 2.23. The zero-order chi connectivity index (χ0) is 9.57. The van der Waals surface area contributed by atoms with Gasteiger partial charge in [-0.1, -0.05) is 19.8 Å². The molecule has 0 aliphatic carbocycles. The molecule has 0 aromatic carbocycles. The van der Waals surface area contributed by atoms with Crippen molar-refractivity contribution < 1.29 is 28.5 Å². The Morgan fingerprint density at radius 3 is 2.14 bits per heavy atom. The molecule has 0 amide bonds. The van der Waals surface area contributed by atoms with Crippen molar-refractivity contribution in [2.75, 3.05) is 26.7 Å². The summed E-state index contributed by atoms with van der Waals surface area (Å²) in [5.74, 6) is 0. The SMILES string of the molecule is CCCCCC[N+]1(C)CCCCC1.[I-]. The molecule has 0 aromatic heterocycles. The standard InChI is InChI=1S/C12H26N.HI/c1-3-4-5-7-10-13(2)11-8-6-9-12-13;/h3-12H2,1-2H3;1H/q+1;/p-1. The number of halogens is 1. The minimum Gasteiger partial charge on any atom is -1.00 e. The number of unbranched alkanes of at least 4 members (excludes halogenated alkanes) is 3. The molecule has 0 radical (unpaired) electrons. The maximum atomic E-state index is 2.45. The zero-order valence-electron chi connectivity index (χ0n) is 9.90. The van der Waals surface area contributed by atoms with E-state index in [1.807, 2.05) is 0 Å². The average Bonchev–Trinajstić information content (AvgIpc) is 2.14. The fourth-order valence-corrected chi connectivity index (χ4v) is 2.42. The minimum absolute atomic E-state index is 0. The van der Waals surface area contributed by atoms with Gasteiger partial charge in [0.05, 0.1) is 26.7 Å². The van der Waals surface area contributed by atoms with Crippen molar-refractivity contribution in [1.82, 2.24) is 0 Å². The molecule has 1 aliphatic rings. The first-order valence-corrected chi connectivity index (χ1v) is 6.10. The van der Waals surface area contributed by atoms with E-state index in [1.165, 1.54) is 69.1 Å². The second-order valence-electron chi connectivity index (χ2n) is 4.91. The van der Waals surface area contributed by atoms with Crippen LogP contribution in [0.5, 0.6) is 0 Å². The molecule has 1 saturated heterocycles. The van der Waals surface area contributed by atoms with Crippen LogP contribution in [-0.2, 0) is 0 Å². The lowest BCUT2D eigenvalue weighted by atomic mass is 10.1. The summed E-state index contributed by atoms with van der Waals surface area (Å²) in [6.07, 6.45) is 10.1. The third-order valence-corrected chi connectivity index (χ3v) is 3.45. The van der Waals surface area contributed by atoms with Gasteiger partial charge in [0.15, 0.2) is 0 Å². The molecule has 2 heteroatoms. The van der Waals surface area contributed by atoms with Crippen LogP contribution < -0.4 is 24.0 Å². The van der Waals surface area contributed by atoms with Gasteiger partial charge in [-0.25, -0.2) is 0 Å². The van der Waals surface area contributed by atoms with Gasteiger partial charge in [-0.05, 0) is 32.1 Å². The highest BCUT2D eigenvalue weighted by Crippen LogP contribution is 2.17. The quantitative estimate of drug-likeness (QED) is 0.387. The molecule has 1 heterocycles. The van der Waals surface area contributed by atoms with Gasteiger partial charge in [0.1, 0.15) is 0 Å². The predicted molar refractivity (Wildman–Crippen MR) is 58.8 cm³/mol. The molecule has 0 aromatic rings. The first kappa shape index (κ1) is 14.7. The number of hydrogen-bond donors (Lipinski definition) is 0. The Morgan fingerprint density at radius 1 is 0.929 bits per heavy atom. The lowest BCUT2D eigenvalue weighted by Gasteiger charge is -2.37. The topological polar surface area (TPSA) is 0 Å². The summed E-state index contributed by atoms with van der Waals surface area (Å²) in [7, 11) is 2.45. The molecule has 0 bridgehead atoms. The number of rotatable bonds is 5. The smallest absolute Gasteiger partial charge is 0.0784 e. The molecule has 0 atom stereocenters. The van der Waals surface area contributed by atoms with E-state index in [1.54, 1.807) is 0 Å². The molecule has 1 nitrogen and oxygen atoms in total. The van der Waals surface area contributed by atoms with Gasteiger partial charge < -0.3 is 28.5 Å². The van der Waals surface area contributed by atoms with E-state index in [0.29, 0.717) is 0 Å². The predicted octanol–water partition coefficient (Wildman–Crippen LogP) is 0.201. The Kier molecular flexibility index (Phi) is 8.30. The minimum atomic E-state index is 0. The van der Waals surface area contributed by atoms with Gasteiger partial charge >= 0.3 is 0 Å². The zero-order valence-corrected chi connectivity index (χ0v) is 12.1. The highest BCUT2D eigenvalue weighted by atomic mass is 127. The molecule has 0 spiro atoms. The molecule has 1 fully saturated rings. The molecular weight excluding hydrogens is 285 g/mol. The molecule has 1 aliphatic heterocycles. The van der Waals surface area contributed by atoms with E-state index in [9.17, 15) is 0 Å². The second-order valence-corrected chi connectivity index (χ2v) is 4.91. The van der Waals surface area contributed by atoms with Gasteiger partial charge in [0.2, 0.25) is 0 Å². The van der Waals surface area contributed by atoms with Crippen LogP contribution in [0.15, 0.2) is 0 Å². The van der Waals surface area contributed by atoms with E-state index >= 15 is 0 Å². The lowest BCUT2D eigenvalue weighted by Crippen LogP contribution is -3.00. The van der Waals surface area contributed by atoms with Crippen LogP contribution in [0.3, 0.4) is 0 Å². The van der Waals surface area contributed by atoms with Gasteiger partial charge in [-0.15, -0.1) is 0 Å². The average molecular weight is 311 g/mol. The van der Waals surface area contributed by atoms with Crippen LogP contribution in [-0.4, -0.2) is 31.2 Å². The highest BCUT2D eigenvalue weighted by molar-refractivity contribution is 4.52. The monoisotopic (exact) mass is 311 g/mol.